The van der Waals surface area contributed by atoms with Gasteiger partial charge < -0.3 is 5.73 Å². The fraction of sp³-hybridized carbons (Fsp3) is 0.545. The van der Waals surface area contributed by atoms with Crippen LogP contribution in [0.4, 0.5) is 0 Å². The van der Waals surface area contributed by atoms with Crippen molar-refractivity contribution >= 4 is 23.1 Å². The molecule has 0 amide bonds. The van der Waals surface area contributed by atoms with Crippen molar-refractivity contribution in [2.45, 2.75) is 39.3 Å². The number of halogens is 1. The van der Waals surface area contributed by atoms with Gasteiger partial charge in [0.2, 0.25) is 0 Å². The second-order valence-electron chi connectivity index (χ2n) is 4.02. The van der Waals surface area contributed by atoms with E-state index >= 15 is 0 Å². The number of aryl methyl sites for hydroxylation is 2. The first-order valence-electron chi connectivity index (χ1n) is 5.96. The number of rotatable bonds is 5. The minimum absolute atomic E-state index is 0.304. The summed E-state index contributed by atoms with van der Waals surface area (Å²) in [5, 5.41) is 8.95. The Bertz CT molecular complexity index is 521. The van der Waals surface area contributed by atoms with Crippen LogP contribution in [-0.2, 0) is 13.0 Å². The first kappa shape index (κ1) is 13.5. The van der Waals surface area contributed by atoms with Gasteiger partial charge >= 0.3 is 0 Å². The molecule has 98 valence electrons. The van der Waals surface area contributed by atoms with E-state index in [2.05, 4.69) is 21.6 Å². The van der Waals surface area contributed by atoms with Crippen molar-refractivity contribution in [3.05, 3.63) is 27.5 Å². The van der Waals surface area contributed by atoms with Crippen molar-refractivity contribution < 1.29 is 0 Å². The fourth-order valence-electron chi connectivity index (χ4n) is 1.89. The molecule has 2 aromatic heterocycles. The summed E-state index contributed by atoms with van der Waals surface area (Å²) in [6, 6.07) is -0.304. The molecule has 1 unspecified atom stereocenters. The Balaban J connectivity index is 2.39. The van der Waals surface area contributed by atoms with Gasteiger partial charge in [-0.05, 0) is 24.4 Å². The van der Waals surface area contributed by atoms with Crippen LogP contribution in [0.5, 0.6) is 0 Å². The SMILES string of the molecule is CCCn1ncc(Cl)c1C(N)c1snnc1CC. The van der Waals surface area contributed by atoms with Gasteiger partial charge in [-0.1, -0.05) is 29.9 Å². The highest BCUT2D eigenvalue weighted by molar-refractivity contribution is 7.05. The van der Waals surface area contributed by atoms with Crippen LogP contribution < -0.4 is 5.73 Å². The third-order valence-corrected chi connectivity index (χ3v) is 3.91. The Morgan fingerprint density at radius 1 is 1.50 bits per heavy atom. The van der Waals surface area contributed by atoms with Crippen molar-refractivity contribution in [2.24, 2.45) is 5.73 Å². The maximum atomic E-state index is 6.30. The number of aromatic nitrogens is 4. The Morgan fingerprint density at radius 2 is 2.28 bits per heavy atom. The summed E-state index contributed by atoms with van der Waals surface area (Å²) < 4.78 is 5.84. The Kier molecular flexibility index (Phi) is 4.31. The maximum Gasteiger partial charge on any atom is 0.0867 e. The third-order valence-electron chi connectivity index (χ3n) is 2.77. The first-order valence-corrected chi connectivity index (χ1v) is 7.12. The molecule has 0 fully saturated rings. The van der Waals surface area contributed by atoms with Crippen LogP contribution in [0.2, 0.25) is 5.02 Å². The van der Waals surface area contributed by atoms with E-state index in [4.69, 9.17) is 17.3 Å². The summed E-state index contributed by atoms with van der Waals surface area (Å²) in [6.07, 6.45) is 3.45. The average molecular weight is 286 g/mol. The van der Waals surface area contributed by atoms with Gasteiger partial charge in [-0.2, -0.15) is 5.10 Å². The summed E-state index contributed by atoms with van der Waals surface area (Å²) in [5.74, 6) is 0. The number of hydrogen-bond donors (Lipinski definition) is 1. The predicted molar refractivity (Wildman–Crippen MR) is 72.8 cm³/mol. The second-order valence-corrected chi connectivity index (χ2v) is 5.21. The molecule has 7 heteroatoms. The van der Waals surface area contributed by atoms with Gasteiger partial charge in [-0.3, -0.25) is 4.68 Å². The monoisotopic (exact) mass is 285 g/mol. The third kappa shape index (κ3) is 2.41. The maximum absolute atomic E-state index is 6.30. The van der Waals surface area contributed by atoms with Crippen LogP contribution >= 0.6 is 23.1 Å². The molecule has 2 heterocycles. The molecular formula is C11H16ClN5S. The largest absolute Gasteiger partial charge is 0.318 e. The molecule has 1 atom stereocenters. The molecule has 0 aliphatic heterocycles. The van der Waals surface area contributed by atoms with Crippen LogP contribution in [0.3, 0.4) is 0 Å². The highest BCUT2D eigenvalue weighted by Crippen LogP contribution is 2.30. The Labute approximate surface area is 115 Å². The summed E-state index contributed by atoms with van der Waals surface area (Å²) in [4.78, 5) is 0.970. The van der Waals surface area contributed by atoms with Gasteiger partial charge in [0.25, 0.3) is 0 Å². The van der Waals surface area contributed by atoms with Gasteiger partial charge in [0.15, 0.2) is 0 Å². The van der Waals surface area contributed by atoms with Crippen molar-refractivity contribution in [1.29, 1.82) is 0 Å². The molecule has 0 radical (unpaired) electrons. The fourth-order valence-corrected chi connectivity index (χ4v) is 2.89. The molecule has 0 saturated carbocycles. The van der Waals surface area contributed by atoms with E-state index in [0.717, 1.165) is 35.7 Å². The van der Waals surface area contributed by atoms with Gasteiger partial charge in [-0.15, -0.1) is 5.10 Å². The molecule has 0 bridgehead atoms. The van der Waals surface area contributed by atoms with Crippen LogP contribution in [0.25, 0.3) is 0 Å². The molecule has 2 rings (SSSR count). The van der Waals surface area contributed by atoms with E-state index in [1.807, 2.05) is 11.6 Å². The highest BCUT2D eigenvalue weighted by Gasteiger charge is 2.22. The standard InChI is InChI=1S/C11H16ClN5S/c1-3-5-17-10(7(12)6-14-17)9(13)11-8(4-2)15-16-18-11/h6,9H,3-5,13H2,1-2H3. The Morgan fingerprint density at radius 3 is 2.94 bits per heavy atom. The molecule has 5 nitrogen and oxygen atoms in total. The summed E-state index contributed by atoms with van der Waals surface area (Å²) >= 11 is 7.52. The van der Waals surface area contributed by atoms with Crippen molar-refractivity contribution in [2.75, 3.05) is 0 Å². The molecule has 0 aliphatic carbocycles. The van der Waals surface area contributed by atoms with Crippen molar-refractivity contribution in [3.63, 3.8) is 0 Å². The minimum Gasteiger partial charge on any atom is -0.318 e. The molecule has 0 spiro atoms. The Hall–Kier alpha value is -0.980. The smallest absolute Gasteiger partial charge is 0.0867 e. The zero-order chi connectivity index (χ0) is 13.1. The molecule has 2 aromatic rings. The van der Waals surface area contributed by atoms with Gasteiger partial charge in [0.1, 0.15) is 0 Å². The van der Waals surface area contributed by atoms with Crippen LogP contribution in [0, 0.1) is 0 Å². The van der Waals surface area contributed by atoms with E-state index in [9.17, 15) is 0 Å². The van der Waals surface area contributed by atoms with E-state index in [1.54, 1.807) is 6.20 Å². The molecule has 18 heavy (non-hydrogen) atoms. The molecule has 0 aromatic carbocycles. The van der Waals surface area contributed by atoms with Crippen LogP contribution in [0.1, 0.15) is 42.6 Å². The number of nitrogens with two attached hydrogens (primary N) is 1. The molecule has 0 saturated heterocycles. The van der Waals surface area contributed by atoms with E-state index in [0.29, 0.717) is 5.02 Å². The normalized spacial score (nSPS) is 12.9. The zero-order valence-corrected chi connectivity index (χ0v) is 12.0. The average Bonchev–Trinajstić information content (AvgIpc) is 2.96. The molecule has 2 N–H and O–H groups in total. The summed E-state index contributed by atoms with van der Waals surface area (Å²) in [5.41, 5.74) is 8.08. The lowest BCUT2D eigenvalue weighted by molar-refractivity contribution is 0.560. The lowest BCUT2D eigenvalue weighted by Crippen LogP contribution is -2.18. The van der Waals surface area contributed by atoms with Crippen molar-refractivity contribution in [3.8, 4) is 0 Å². The topological polar surface area (TPSA) is 69.6 Å². The predicted octanol–water partition coefficient (Wildman–Crippen LogP) is 2.41. The van der Waals surface area contributed by atoms with Crippen molar-refractivity contribution in [1.82, 2.24) is 19.4 Å². The minimum atomic E-state index is -0.304. The summed E-state index contributed by atoms with van der Waals surface area (Å²) in [6.45, 7) is 4.94. The molecular weight excluding hydrogens is 270 g/mol. The second kappa shape index (κ2) is 5.77. The summed E-state index contributed by atoms with van der Waals surface area (Å²) in [7, 11) is 0. The van der Waals surface area contributed by atoms with E-state index < -0.39 is 0 Å². The lowest BCUT2D eigenvalue weighted by atomic mass is 10.1. The van der Waals surface area contributed by atoms with Gasteiger partial charge in [0.05, 0.1) is 33.5 Å². The van der Waals surface area contributed by atoms with Gasteiger partial charge in [-0.25, -0.2) is 0 Å². The number of hydrogen-bond acceptors (Lipinski definition) is 5. The lowest BCUT2D eigenvalue weighted by Gasteiger charge is -2.13. The first-order chi connectivity index (χ1) is 8.69. The van der Waals surface area contributed by atoms with E-state index in [1.165, 1.54) is 11.5 Å². The van der Waals surface area contributed by atoms with Gasteiger partial charge in [0, 0.05) is 6.54 Å². The highest BCUT2D eigenvalue weighted by atomic mass is 35.5. The molecule has 0 aliphatic rings. The number of nitrogens with zero attached hydrogens (tertiary/aromatic N) is 4. The quantitative estimate of drug-likeness (QED) is 0.916. The zero-order valence-electron chi connectivity index (χ0n) is 10.4. The van der Waals surface area contributed by atoms with E-state index in [-0.39, 0.29) is 6.04 Å². The van der Waals surface area contributed by atoms with Crippen LogP contribution in [-0.4, -0.2) is 19.4 Å². The van der Waals surface area contributed by atoms with Crippen LogP contribution in [0.15, 0.2) is 6.20 Å².